The number of aromatic nitrogens is 4. The minimum absolute atomic E-state index is 0.0495. The zero-order valence-electron chi connectivity index (χ0n) is 15.9. The highest BCUT2D eigenvalue weighted by Gasteiger charge is 2.15. The van der Waals surface area contributed by atoms with Crippen LogP contribution < -0.4 is 5.32 Å². The molecule has 7 nitrogen and oxygen atoms in total. The lowest BCUT2D eigenvalue weighted by Crippen LogP contribution is -2.22. The number of nitrogens with zero attached hydrogens (tertiary/aromatic N) is 4. The summed E-state index contributed by atoms with van der Waals surface area (Å²) in [6, 6.07) is 10.3. The molecule has 3 heterocycles. The predicted octanol–water partition coefficient (Wildman–Crippen LogP) is 3.14. The molecule has 0 unspecified atom stereocenters. The van der Waals surface area contributed by atoms with E-state index in [1.54, 1.807) is 25.2 Å². The second kappa shape index (κ2) is 6.42. The van der Waals surface area contributed by atoms with Crippen LogP contribution in [0.2, 0.25) is 0 Å². The van der Waals surface area contributed by atoms with Crippen molar-refractivity contribution < 1.29 is 4.79 Å². The van der Waals surface area contributed by atoms with Gasteiger partial charge in [-0.15, -0.1) is 0 Å². The molecular formula is C20H22N6O. The number of amides is 1. The smallest absolute Gasteiger partial charge is 0.219 e. The third-order valence-electron chi connectivity index (χ3n) is 4.87. The number of H-pyrrole nitrogens is 1. The fraction of sp³-hybridized carbons (Fsp3) is 0.250. The Hall–Kier alpha value is -3.35. The second-order valence-corrected chi connectivity index (χ2v) is 6.78. The number of anilines is 1. The average Bonchev–Trinajstić information content (AvgIpc) is 3.24. The number of carbonyl (C=O) groups is 1. The van der Waals surface area contributed by atoms with E-state index in [0.29, 0.717) is 6.54 Å². The average molecular weight is 362 g/mol. The van der Waals surface area contributed by atoms with Crippen LogP contribution in [0.3, 0.4) is 0 Å². The van der Waals surface area contributed by atoms with Gasteiger partial charge in [-0.1, -0.05) is 18.2 Å². The number of aryl methyl sites for hydroxylation is 1. The van der Waals surface area contributed by atoms with Gasteiger partial charge in [-0.25, -0.2) is 9.97 Å². The van der Waals surface area contributed by atoms with E-state index < -0.39 is 0 Å². The number of benzene rings is 1. The van der Waals surface area contributed by atoms with E-state index in [9.17, 15) is 4.79 Å². The monoisotopic (exact) mass is 362 g/mol. The lowest BCUT2D eigenvalue weighted by atomic mass is 10.1. The fourth-order valence-electron chi connectivity index (χ4n) is 3.35. The van der Waals surface area contributed by atoms with Gasteiger partial charge in [0.15, 0.2) is 5.82 Å². The first kappa shape index (κ1) is 17.1. The Bertz CT molecular complexity index is 1160. The molecule has 0 radical (unpaired) electrons. The van der Waals surface area contributed by atoms with Crippen LogP contribution in [0.15, 0.2) is 36.7 Å². The highest BCUT2D eigenvalue weighted by molar-refractivity contribution is 6.07. The number of hydrogen-bond donors (Lipinski definition) is 2. The van der Waals surface area contributed by atoms with Crippen molar-refractivity contribution in [1.29, 1.82) is 0 Å². The topological polar surface area (TPSA) is 78.8 Å². The zero-order valence-corrected chi connectivity index (χ0v) is 15.9. The normalized spacial score (nSPS) is 11.3. The van der Waals surface area contributed by atoms with Crippen molar-refractivity contribution in [2.45, 2.75) is 13.5 Å². The largest absolute Gasteiger partial charge is 0.371 e. The van der Waals surface area contributed by atoms with Crippen LogP contribution in [0.5, 0.6) is 0 Å². The standard InChI is InChI=1S/C20H22N6O/c1-12(27)25(3)10-13-6-5-7-14(8-13)16-9-15-18-17(22-11-26(18)4)20(21-2)24-19(15)23-16/h5-9,11H,10H2,1-4H3,(H2,21,23,24). The molecule has 27 heavy (non-hydrogen) atoms. The summed E-state index contributed by atoms with van der Waals surface area (Å²) in [7, 11) is 5.64. The number of nitrogens with one attached hydrogen (secondary N) is 2. The number of fused-ring (bicyclic) bond motifs is 3. The lowest BCUT2D eigenvalue weighted by molar-refractivity contribution is -0.128. The number of imidazole rings is 1. The molecule has 1 aromatic carbocycles. The fourth-order valence-corrected chi connectivity index (χ4v) is 3.35. The quantitative estimate of drug-likeness (QED) is 0.585. The number of rotatable bonds is 4. The molecule has 0 aliphatic rings. The summed E-state index contributed by atoms with van der Waals surface area (Å²) in [6.45, 7) is 2.16. The van der Waals surface area contributed by atoms with Gasteiger partial charge < -0.3 is 19.8 Å². The van der Waals surface area contributed by atoms with Crippen LogP contribution in [0.4, 0.5) is 5.82 Å². The Morgan fingerprint density at radius 2 is 2.15 bits per heavy atom. The number of hydrogen-bond acceptors (Lipinski definition) is 4. The van der Waals surface area contributed by atoms with Crippen molar-refractivity contribution in [3.63, 3.8) is 0 Å². The van der Waals surface area contributed by atoms with Crippen molar-refractivity contribution in [2.75, 3.05) is 19.4 Å². The summed E-state index contributed by atoms with van der Waals surface area (Å²) in [5.74, 6) is 0.803. The highest BCUT2D eigenvalue weighted by Crippen LogP contribution is 2.31. The molecule has 0 saturated heterocycles. The molecule has 2 N–H and O–H groups in total. The van der Waals surface area contributed by atoms with Crippen molar-refractivity contribution in [3.05, 3.63) is 42.2 Å². The molecule has 0 atom stereocenters. The van der Waals surface area contributed by atoms with Gasteiger partial charge in [-0.05, 0) is 23.3 Å². The molecule has 138 valence electrons. The van der Waals surface area contributed by atoms with Gasteiger partial charge in [-0.2, -0.15) is 0 Å². The third kappa shape index (κ3) is 2.91. The van der Waals surface area contributed by atoms with Gasteiger partial charge >= 0.3 is 0 Å². The molecular weight excluding hydrogens is 340 g/mol. The minimum Gasteiger partial charge on any atom is -0.371 e. The summed E-state index contributed by atoms with van der Waals surface area (Å²) in [6.07, 6.45) is 1.80. The predicted molar refractivity (Wildman–Crippen MR) is 107 cm³/mol. The van der Waals surface area contributed by atoms with E-state index in [0.717, 1.165) is 44.7 Å². The van der Waals surface area contributed by atoms with Crippen molar-refractivity contribution >= 4 is 33.8 Å². The first-order valence-electron chi connectivity index (χ1n) is 8.80. The SMILES string of the molecule is CNc1nc2[nH]c(-c3cccc(CN(C)C(C)=O)c3)cc2c2c1ncn2C. The Morgan fingerprint density at radius 1 is 1.33 bits per heavy atom. The van der Waals surface area contributed by atoms with Crippen LogP contribution in [-0.2, 0) is 18.4 Å². The molecule has 4 aromatic rings. The van der Waals surface area contributed by atoms with Crippen LogP contribution in [-0.4, -0.2) is 44.4 Å². The van der Waals surface area contributed by atoms with Crippen LogP contribution in [0.25, 0.3) is 33.3 Å². The Balaban J connectivity index is 1.82. The van der Waals surface area contributed by atoms with E-state index in [2.05, 4.69) is 38.5 Å². The number of aromatic amines is 1. The van der Waals surface area contributed by atoms with E-state index in [-0.39, 0.29) is 5.91 Å². The zero-order chi connectivity index (χ0) is 19.1. The summed E-state index contributed by atoms with van der Waals surface area (Å²) < 4.78 is 2.01. The maximum atomic E-state index is 11.5. The molecule has 1 amide bonds. The molecule has 0 bridgehead atoms. The molecule has 0 aliphatic carbocycles. The second-order valence-electron chi connectivity index (χ2n) is 6.78. The Kier molecular flexibility index (Phi) is 4.07. The maximum absolute atomic E-state index is 11.5. The van der Waals surface area contributed by atoms with Gasteiger partial charge in [0.2, 0.25) is 5.91 Å². The van der Waals surface area contributed by atoms with E-state index >= 15 is 0 Å². The summed E-state index contributed by atoms with van der Waals surface area (Å²) >= 11 is 0. The molecule has 0 saturated carbocycles. The van der Waals surface area contributed by atoms with Gasteiger partial charge in [-0.3, -0.25) is 4.79 Å². The van der Waals surface area contributed by atoms with Crippen LogP contribution in [0, 0.1) is 0 Å². The number of carbonyl (C=O) groups excluding carboxylic acids is 1. The molecule has 0 spiro atoms. The van der Waals surface area contributed by atoms with Crippen molar-refractivity contribution in [3.8, 4) is 11.3 Å². The molecule has 4 rings (SSSR count). The van der Waals surface area contributed by atoms with Crippen molar-refractivity contribution in [2.24, 2.45) is 7.05 Å². The summed E-state index contributed by atoms with van der Waals surface area (Å²) in [5.41, 5.74) is 5.84. The van der Waals surface area contributed by atoms with E-state index in [1.807, 2.05) is 30.8 Å². The Morgan fingerprint density at radius 3 is 2.89 bits per heavy atom. The van der Waals surface area contributed by atoms with Crippen molar-refractivity contribution in [1.82, 2.24) is 24.4 Å². The molecule has 0 fully saturated rings. The van der Waals surface area contributed by atoms with E-state index in [1.165, 1.54) is 0 Å². The molecule has 7 heteroatoms. The minimum atomic E-state index is 0.0495. The summed E-state index contributed by atoms with van der Waals surface area (Å²) in [4.78, 5) is 25.8. The van der Waals surface area contributed by atoms with Crippen LogP contribution >= 0.6 is 0 Å². The van der Waals surface area contributed by atoms with Gasteiger partial charge in [0.05, 0.1) is 11.8 Å². The number of pyridine rings is 1. The highest BCUT2D eigenvalue weighted by atomic mass is 16.2. The van der Waals surface area contributed by atoms with E-state index in [4.69, 9.17) is 0 Å². The first-order valence-corrected chi connectivity index (χ1v) is 8.80. The Labute approximate surface area is 157 Å². The first-order chi connectivity index (χ1) is 13.0. The molecule has 3 aromatic heterocycles. The van der Waals surface area contributed by atoms with Crippen LogP contribution in [0.1, 0.15) is 12.5 Å². The summed E-state index contributed by atoms with van der Waals surface area (Å²) in [5, 5.41) is 4.15. The molecule has 0 aliphatic heterocycles. The van der Waals surface area contributed by atoms with Gasteiger partial charge in [0, 0.05) is 45.7 Å². The lowest BCUT2D eigenvalue weighted by Gasteiger charge is -2.15. The maximum Gasteiger partial charge on any atom is 0.219 e. The third-order valence-corrected chi connectivity index (χ3v) is 4.87. The van der Waals surface area contributed by atoms with Gasteiger partial charge in [0.1, 0.15) is 11.2 Å². The van der Waals surface area contributed by atoms with Gasteiger partial charge in [0.25, 0.3) is 0 Å².